The number of benzene rings is 3. The summed E-state index contributed by atoms with van der Waals surface area (Å²) in [7, 11) is 4.75. The summed E-state index contributed by atoms with van der Waals surface area (Å²) in [4.78, 5) is 17.8. The molecule has 0 aliphatic heterocycles. The zero-order chi connectivity index (χ0) is 24.1. The maximum Gasteiger partial charge on any atom is 0.255 e. The molecule has 1 aromatic heterocycles. The van der Waals surface area contributed by atoms with Crippen LogP contribution in [0, 0.1) is 0 Å². The van der Waals surface area contributed by atoms with E-state index in [-0.39, 0.29) is 5.91 Å². The molecule has 34 heavy (non-hydrogen) atoms. The van der Waals surface area contributed by atoms with E-state index in [0.29, 0.717) is 35.1 Å². The largest absolute Gasteiger partial charge is 0.497 e. The van der Waals surface area contributed by atoms with E-state index >= 15 is 0 Å². The lowest BCUT2D eigenvalue weighted by atomic mass is 10.1. The highest BCUT2D eigenvalue weighted by Gasteiger charge is 2.15. The van der Waals surface area contributed by atoms with Crippen LogP contribution in [0.2, 0.25) is 0 Å². The van der Waals surface area contributed by atoms with Gasteiger partial charge < -0.3 is 24.3 Å². The zero-order valence-electron chi connectivity index (χ0n) is 19.5. The van der Waals surface area contributed by atoms with Gasteiger partial charge in [-0.2, -0.15) is 0 Å². The Hall–Kier alpha value is -4.26. The molecule has 0 saturated heterocycles. The molecule has 4 aromatic rings. The number of ether oxygens (including phenoxy) is 4. The van der Waals surface area contributed by atoms with Crippen LogP contribution in [-0.4, -0.2) is 38.8 Å². The monoisotopic (exact) mass is 458 g/mol. The Bertz CT molecular complexity index is 1340. The first kappa shape index (κ1) is 22.9. The minimum atomic E-state index is -0.273. The third-order valence-corrected chi connectivity index (χ3v) is 5.36. The van der Waals surface area contributed by atoms with E-state index in [2.05, 4.69) is 5.32 Å². The van der Waals surface area contributed by atoms with Gasteiger partial charge in [-0.3, -0.25) is 4.79 Å². The first-order valence-electron chi connectivity index (χ1n) is 10.8. The highest BCUT2D eigenvalue weighted by Crippen LogP contribution is 2.33. The molecule has 3 aromatic carbocycles. The molecule has 7 heteroatoms. The zero-order valence-corrected chi connectivity index (χ0v) is 19.5. The lowest BCUT2D eigenvalue weighted by Crippen LogP contribution is -2.12. The summed E-state index contributed by atoms with van der Waals surface area (Å²) in [5, 5.41) is 3.65. The summed E-state index contributed by atoms with van der Waals surface area (Å²) in [5.41, 5.74) is 3.42. The lowest BCUT2D eigenvalue weighted by molar-refractivity contribution is 0.102. The Morgan fingerprint density at radius 3 is 2.38 bits per heavy atom. The Morgan fingerprint density at radius 2 is 1.65 bits per heavy atom. The van der Waals surface area contributed by atoms with Crippen molar-refractivity contribution in [3.63, 3.8) is 0 Å². The van der Waals surface area contributed by atoms with E-state index in [0.717, 1.165) is 27.9 Å². The number of fused-ring (bicyclic) bond motifs is 1. The second-order valence-electron chi connectivity index (χ2n) is 7.42. The molecule has 1 N–H and O–H groups in total. The van der Waals surface area contributed by atoms with E-state index in [1.165, 1.54) is 0 Å². The average molecular weight is 459 g/mol. The molecule has 0 spiro atoms. The van der Waals surface area contributed by atoms with Gasteiger partial charge in [-0.15, -0.1) is 0 Å². The molecule has 0 aliphatic carbocycles. The van der Waals surface area contributed by atoms with Gasteiger partial charge in [0.25, 0.3) is 5.91 Å². The third kappa shape index (κ3) is 4.73. The highest BCUT2D eigenvalue weighted by molar-refractivity contribution is 6.07. The number of rotatable bonds is 8. The SMILES string of the molecule is CCOc1cc(-c2cccc(OC)c2)nc2ccc(C(=O)Nc3ccc(OC)cc3OC)cc12. The average Bonchev–Trinajstić information content (AvgIpc) is 2.88. The van der Waals surface area contributed by atoms with Crippen LogP contribution in [0.25, 0.3) is 22.2 Å². The molecular weight excluding hydrogens is 432 g/mol. The molecule has 1 amide bonds. The molecule has 0 bridgehead atoms. The van der Waals surface area contributed by atoms with Crippen LogP contribution in [0.5, 0.6) is 23.0 Å². The quantitative estimate of drug-likeness (QED) is 0.371. The smallest absolute Gasteiger partial charge is 0.255 e. The first-order chi connectivity index (χ1) is 16.6. The summed E-state index contributed by atoms with van der Waals surface area (Å²) < 4.78 is 21.9. The fraction of sp³-hybridized carbons (Fsp3) is 0.185. The normalized spacial score (nSPS) is 10.6. The fourth-order valence-corrected chi connectivity index (χ4v) is 3.64. The van der Waals surface area contributed by atoms with Crippen LogP contribution in [-0.2, 0) is 0 Å². The summed E-state index contributed by atoms with van der Waals surface area (Å²) >= 11 is 0. The minimum Gasteiger partial charge on any atom is -0.497 e. The maximum absolute atomic E-state index is 13.0. The van der Waals surface area contributed by atoms with E-state index in [1.807, 2.05) is 43.3 Å². The van der Waals surface area contributed by atoms with Gasteiger partial charge in [0.05, 0.1) is 44.8 Å². The van der Waals surface area contributed by atoms with Gasteiger partial charge in [-0.05, 0) is 49.4 Å². The molecule has 0 saturated carbocycles. The van der Waals surface area contributed by atoms with E-state index in [1.54, 1.807) is 51.7 Å². The number of nitrogens with zero attached hydrogens (tertiary/aromatic N) is 1. The van der Waals surface area contributed by atoms with Crippen molar-refractivity contribution in [3.05, 3.63) is 72.3 Å². The second kappa shape index (κ2) is 10.1. The summed E-state index contributed by atoms with van der Waals surface area (Å²) in [6.07, 6.45) is 0. The van der Waals surface area contributed by atoms with Crippen molar-refractivity contribution < 1.29 is 23.7 Å². The third-order valence-electron chi connectivity index (χ3n) is 5.36. The van der Waals surface area contributed by atoms with Crippen molar-refractivity contribution in [3.8, 4) is 34.3 Å². The molecule has 4 rings (SSSR count). The van der Waals surface area contributed by atoms with Crippen LogP contribution in [0.15, 0.2) is 66.7 Å². The van der Waals surface area contributed by atoms with Gasteiger partial charge in [-0.1, -0.05) is 12.1 Å². The first-order valence-corrected chi connectivity index (χ1v) is 10.8. The van der Waals surface area contributed by atoms with Gasteiger partial charge >= 0.3 is 0 Å². The lowest BCUT2D eigenvalue weighted by Gasteiger charge is -2.14. The van der Waals surface area contributed by atoms with Crippen molar-refractivity contribution in [1.29, 1.82) is 0 Å². The Balaban J connectivity index is 1.70. The molecule has 0 radical (unpaired) electrons. The van der Waals surface area contributed by atoms with Crippen LogP contribution in [0.1, 0.15) is 17.3 Å². The van der Waals surface area contributed by atoms with Crippen LogP contribution >= 0.6 is 0 Å². The molecular formula is C27H26N2O5. The fourth-order valence-electron chi connectivity index (χ4n) is 3.64. The van der Waals surface area contributed by atoms with Gasteiger partial charge in [0.15, 0.2) is 0 Å². The molecule has 0 aliphatic rings. The van der Waals surface area contributed by atoms with E-state index < -0.39 is 0 Å². The molecule has 174 valence electrons. The summed E-state index contributed by atoms with van der Waals surface area (Å²) in [6, 6.07) is 20.1. The van der Waals surface area contributed by atoms with Gasteiger partial charge in [0.1, 0.15) is 23.0 Å². The topological polar surface area (TPSA) is 78.9 Å². The number of carbonyl (C=O) groups excluding carboxylic acids is 1. The Kier molecular flexibility index (Phi) is 6.82. The van der Waals surface area contributed by atoms with Crippen molar-refractivity contribution in [2.24, 2.45) is 0 Å². The van der Waals surface area contributed by atoms with Crippen molar-refractivity contribution in [2.75, 3.05) is 33.3 Å². The molecule has 7 nitrogen and oxygen atoms in total. The van der Waals surface area contributed by atoms with E-state index in [9.17, 15) is 4.79 Å². The number of carbonyl (C=O) groups is 1. The van der Waals surface area contributed by atoms with Crippen LogP contribution in [0.3, 0.4) is 0 Å². The Morgan fingerprint density at radius 1 is 0.853 bits per heavy atom. The minimum absolute atomic E-state index is 0.273. The second-order valence-corrected chi connectivity index (χ2v) is 7.42. The maximum atomic E-state index is 13.0. The number of hydrogen-bond donors (Lipinski definition) is 1. The standard InChI is InChI=1S/C27H26N2O5/c1-5-34-25-16-24(17-7-6-8-19(13-17)31-2)28-22-11-9-18(14-21(22)25)27(30)29-23-12-10-20(32-3)15-26(23)33-4/h6-16H,5H2,1-4H3,(H,29,30). The number of methoxy groups -OCH3 is 3. The van der Waals surface area contributed by atoms with Crippen molar-refractivity contribution >= 4 is 22.5 Å². The van der Waals surface area contributed by atoms with Crippen molar-refractivity contribution in [1.82, 2.24) is 4.98 Å². The predicted octanol–water partition coefficient (Wildman–Crippen LogP) is 5.58. The van der Waals surface area contributed by atoms with Crippen LogP contribution < -0.4 is 24.3 Å². The van der Waals surface area contributed by atoms with Gasteiger partial charge in [0.2, 0.25) is 0 Å². The molecule has 0 atom stereocenters. The van der Waals surface area contributed by atoms with Gasteiger partial charge in [-0.25, -0.2) is 4.98 Å². The number of anilines is 1. The summed E-state index contributed by atoms with van der Waals surface area (Å²) in [6.45, 7) is 2.40. The number of hydrogen-bond acceptors (Lipinski definition) is 6. The highest BCUT2D eigenvalue weighted by atomic mass is 16.5. The Labute approximate surface area is 198 Å². The number of nitrogens with one attached hydrogen (secondary N) is 1. The van der Waals surface area contributed by atoms with E-state index in [4.69, 9.17) is 23.9 Å². The van der Waals surface area contributed by atoms with Crippen molar-refractivity contribution in [2.45, 2.75) is 6.92 Å². The number of pyridine rings is 1. The molecule has 1 heterocycles. The number of amides is 1. The number of aromatic nitrogens is 1. The molecule has 0 fully saturated rings. The van der Waals surface area contributed by atoms with Crippen LogP contribution in [0.4, 0.5) is 5.69 Å². The predicted molar refractivity (Wildman–Crippen MR) is 132 cm³/mol. The molecule has 0 unspecified atom stereocenters. The summed E-state index contributed by atoms with van der Waals surface area (Å²) in [5.74, 6) is 2.28. The van der Waals surface area contributed by atoms with Gasteiger partial charge in [0, 0.05) is 28.6 Å².